The fourth-order valence-electron chi connectivity index (χ4n) is 5.93. The second-order valence-corrected chi connectivity index (χ2v) is 11.1. The van der Waals surface area contributed by atoms with Crippen LogP contribution in [0.4, 0.5) is 23.7 Å². The number of nitrogens with one attached hydrogen (secondary N) is 1. The zero-order chi connectivity index (χ0) is 30.5. The number of amides is 3. The highest BCUT2D eigenvalue weighted by Gasteiger charge is 2.55. The van der Waals surface area contributed by atoms with E-state index >= 15 is 0 Å². The summed E-state index contributed by atoms with van der Waals surface area (Å²) in [5.41, 5.74) is 1.99. The van der Waals surface area contributed by atoms with Crippen molar-refractivity contribution in [1.29, 1.82) is 0 Å². The number of rotatable bonds is 6. The SMILES string of the molecule is COc1ccc(-c2ccc3c(C(=O)N4CC5(CC(N(C)C(=O)Nc6cncc(C(F)(F)F)c6)C5)C4)cnn3c2)cc1OC. The zero-order valence-corrected chi connectivity index (χ0v) is 23.7. The molecule has 1 saturated carbocycles. The van der Waals surface area contributed by atoms with Gasteiger partial charge >= 0.3 is 12.2 Å². The van der Waals surface area contributed by atoms with Crippen molar-refractivity contribution in [3.8, 4) is 22.6 Å². The summed E-state index contributed by atoms with van der Waals surface area (Å²) in [5, 5.41) is 6.91. The van der Waals surface area contributed by atoms with Crippen molar-refractivity contribution in [3.63, 3.8) is 0 Å². The number of urea groups is 1. The first-order chi connectivity index (χ1) is 20.5. The number of carbonyl (C=O) groups is 2. The molecule has 2 fully saturated rings. The molecule has 0 bridgehead atoms. The molecule has 43 heavy (non-hydrogen) atoms. The summed E-state index contributed by atoms with van der Waals surface area (Å²) in [4.78, 5) is 32.9. The fraction of sp³-hybridized carbons (Fsp3) is 0.333. The number of ether oxygens (including phenoxy) is 2. The number of fused-ring (bicyclic) bond motifs is 1. The molecular weight excluding hydrogens is 565 g/mol. The summed E-state index contributed by atoms with van der Waals surface area (Å²) >= 11 is 0. The number of alkyl halides is 3. The molecule has 2 aliphatic rings. The Morgan fingerprint density at radius 3 is 2.42 bits per heavy atom. The maximum atomic E-state index is 13.3. The van der Waals surface area contributed by atoms with Crippen molar-refractivity contribution >= 4 is 23.1 Å². The molecule has 1 aliphatic carbocycles. The Morgan fingerprint density at radius 1 is 1.00 bits per heavy atom. The summed E-state index contributed by atoms with van der Waals surface area (Å²) in [6, 6.07) is 9.70. The van der Waals surface area contributed by atoms with Crippen LogP contribution in [-0.2, 0) is 6.18 Å². The molecular formula is C30H29F3N6O4. The van der Waals surface area contributed by atoms with Gasteiger partial charge in [-0.1, -0.05) is 12.1 Å². The van der Waals surface area contributed by atoms with E-state index in [-0.39, 0.29) is 23.1 Å². The monoisotopic (exact) mass is 594 g/mol. The second-order valence-electron chi connectivity index (χ2n) is 11.1. The molecule has 1 spiro atoms. The molecule has 1 aromatic carbocycles. The van der Waals surface area contributed by atoms with E-state index in [4.69, 9.17) is 9.47 Å². The van der Waals surface area contributed by atoms with Gasteiger partial charge in [-0.05, 0) is 42.7 Å². The number of nitrogens with zero attached hydrogens (tertiary/aromatic N) is 5. The smallest absolute Gasteiger partial charge is 0.417 e. The van der Waals surface area contributed by atoms with Crippen LogP contribution in [0.15, 0.2) is 61.2 Å². The van der Waals surface area contributed by atoms with E-state index in [1.165, 1.54) is 11.1 Å². The van der Waals surface area contributed by atoms with Crippen molar-refractivity contribution in [3.05, 3.63) is 72.3 Å². The average molecular weight is 595 g/mol. The lowest BCUT2D eigenvalue weighted by Crippen LogP contribution is -2.67. The lowest BCUT2D eigenvalue weighted by Gasteiger charge is -2.60. The Balaban J connectivity index is 1.05. The molecule has 4 heterocycles. The first-order valence-corrected chi connectivity index (χ1v) is 13.6. The minimum absolute atomic E-state index is 0.0228. The van der Waals surface area contributed by atoms with Crippen LogP contribution in [0.25, 0.3) is 16.6 Å². The summed E-state index contributed by atoms with van der Waals surface area (Å²) in [6.45, 7) is 1.13. The van der Waals surface area contributed by atoms with Crippen LogP contribution in [-0.4, -0.2) is 76.7 Å². The van der Waals surface area contributed by atoms with E-state index in [9.17, 15) is 22.8 Å². The minimum atomic E-state index is -4.55. The summed E-state index contributed by atoms with van der Waals surface area (Å²) in [5.74, 6) is 1.14. The van der Waals surface area contributed by atoms with Crippen LogP contribution in [0.5, 0.6) is 11.5 Å². The van der Waals surface area contributed by atoms with E-state index in [1.807, 2.05) is 36.5 Å². The van der Waals surface area contributed by atoms with Gasteiger partial charge in [0.1, 0.15) is 0 Å². The minimum Gasteiger partial charge on any atom is -0.493 e. The fourth-order valence-corrected chi connectivity index (χ4v) is 5.93. The van der Waals surface area contributed by atoms with Crippen molar-refractivity contribution in [1.82, 2.24) is 24.4 Å². The van der Waals surface area contributed by atoms with E-state index in [0.717, 1.165) is 17.2 Å². The van der Waals surface area contributed by atoms with Gasteiger partial charge in [-0.3, -0.25) is 9.78 Å². The number of hydrogen-bond donors (Lipinski definition) is 1. The first-order valence-electron chi connectivity index (χ1n) is 13.6. The molecule has 1 aliphatic heterocycles. The Labute approximate surface area is 245 Å². The number of likely N-dealkylation sites (tertiary alicyclic amines) is 1. The predicted molar refractivity (Wildman–Crippen MR) is 151 cm³/mol. The molecule has 3 amide bonds. The number of halogens is 3. The maximum Gasteiger partial charge on any atom is 0.417 e. The third-order valence-corrected chi connectivity index (χ3v) is 8.33. The van der Waals surface area contributed by atoms with Gasteiger partial charge in [-0.2, -0.15) is 18.3 Å². The summed E-state index contributed by atoms with van der Waals surface area (Å²) < 4.78 is 51.3. The van der Waals surface area contributed by atoms with Crippen molar-refractivity contribution in [2.45, 2.75) is 25.1 Å². The average Bonchev–Trinajstić information content (AvgIpc) is 3.38. The second kappa shape index (κ2) is 10.5. The third kappa shape index (κ3) is 5.19. The highest BCUT2D eigenvalue weighted by molar-refractivity contribution is 6.01. The standard InChI is InChI=1S/C30H29F3N6O4/c1-37(28(41)36-21-9-20(12-34-13-21)30(31,32)33)22-10-29(11-22)16-38(17-29)27(40)23-14-35-39-15-19(4-6-24(23)39)18-5-7-25(42-2)26(8-18)43-3/h4-9,12-15,22H,10-11,16-17H2,1-3H3,(H,36,41). The van der Waals surface area contributed by atoms with Gasteiger partial charge in [-0.15, -0.1) is 0 Å². The molecule has 0 radical (unpaired) electrons. The number of methoxy groups -OCH3 is 2. The molecule has 3 aromatic heterocycles. The zero-order valence-electron chi connectivity index (χ0n) is 23.7. The van der Waals surface area contributed by atoms with Crippen LogP contribution >= 0.6 is 0 Å². The highest BCUT2D eigenvalue weighted by Crippen LogP contribution is 2.50. The predicted octanol–water partition coefficient (Wildman–Crippen LogP) is 5.20. The molecule has 1 N–H and O–H groups in total. The van der Waals surface area contributed by atoms with Gasteiger partial charge in [0.2, 0.25) is 0 Å². The Hall–Kier alpha value is -4.81. The maximum absolute atomic E-state index is 13.3. The van der Waals surface area contributed by atoms with Gasteiger partial charge in [0, 0.05) is 49.6 Å². The van der Waals surface area contributed by atoms with Gasteiger partial charge in [0.05, 0.1) is 48.9 Å². The number of hydrogen-bond acceptors (Lipinski definition) is 6. The number of carbonyl (C=O) groups excluding carboxylic acids is 2. The lowest BCUT2D eigenvalue weighted by atomic mass is 9.60. The van der Waals surface area contributed by atoms with Crippen LogP contribution < -0.4 is 14.8 Å². The normalized spacial score (nSPS) is 16.0. The number of benzene rings is 1. The van der Waals surface area contributed by atoms with Crippen LogP contribution in [0.1, 0.15) is 28.8 Å². The molecule has 224 valence electrons. The van der Waals surface area contributed by atoms with Gasteiger partial charge in [0.25, 0.3) is 5.91 Å². The van der Waals surface area contributed by atoms with Crippen molar-refractivity contribution < 1.29 is 32.2 Å². The van der Waals surface area contributed by atoms with E-state index < -0.39 is 17.8 Å². The topological polar surface area (TPSA) is 101 Å². The third-order valence-electron chi connectivity index (χ3n) is 8.33. The van der Waals surface area contributed by atoms with Gasteiger partial charge in [0.15, 0.2) is 11.5 Å². The first kappa shape index (κ1) is 28.3. The number of pyridine rings is 2. The van der Waals surface area contributed by atoms with Gasteiger partial charge < -0.3 is 24.6 Å². The Kier molecular flexibility index (Phi) is 6.90. The Bertz CT molecular complexity index is 1710. The largest absolute Gasteiger partial charge is 0.493 e. The molecule has 10 nitrogen and oxygen atoms in total. The molecule has 4 aromatic rings. The van der Waals surface area contributed by atoms with E-state index in [1.54, 1.807) is 36.9 Å². The molecule has 0 atom stereocenters. The summed E-state index contributed by atoms with van der Waals surface area (Å²) in [6.07, 6.45) is 2.17. The van der Waals surface area contributed by atoms with Crippen LogP contribution in [0.3, 0.4) is 0 Å². The van der Waals surface area contributed by atoms with Crippen molar-refractivity contribution in [2.75, 3.05) is 39.7 Å². The van der Waals surface area contributed by atoms with Crippen LogP contribution in [0, 0.1) is 5.41 Å². The number of anilines is 1. The van der Waals surface area contributed by atoms with Crippen LogP contribution in [0.2, 0.25) is 0 Å². The van der Waals surface area contributed by atoms with Gasteiger partial charge in [-0.25, -0.2) is 9.31 Å². The highest BCUT2D eigenvalue weighted by atomic mass is 19.4. The Morgan fingerprint density at radius 2 is 1.72 bits per heavy atom. The molecule has 1 saturated heterocycles. The molecule has 6 rings (SSSR count). The quantitative estimate of drug-likeness (QED) is 0.329. The molecule has 0 unspecified atom stereocenters. The van der Waals surface area contributed by atoms with E-state index in [2.05, 4.69) is 15.4 Å². The van der Waals surface area contributed by atoms with Crippen molar-refractivity contribution in [2.24, 2.45) is 5.41 Å². The summed E-state index contributed by atoms with van der Waals surface area (Å²) in [7, 11) is 4.78. The number of aromatic nitrogens is 3. The lowest BCUT2D eigenvalue weighted by molar-refractivity contribution is -0.137. The molecule has 13 heteroatoms. The van der Waals surface area contributed by atoms with E-state index in [0.29, 0.717) is 54.7 Å².